The lowest BCUT2D eigenvalue weighted by Crippen LogP contribution is -2.58. The van der Waals surface area contributed by atoms with Gasteiger partial charge in [-0.2, -0.15) is 0 Å². The van der Waals surface area contributed by atoms with Gasteiger partial charge in [-0.3, -0.25) is 4.79 Å². The predicted octanol–water partition coefficient (Wildman–Crippen LogP) is 3.39. The van der Waals surface area contributed by atoms with E-state index in [0.717, 1.165) is 19.3 Å². The molecule has 1 saturated heterocycles. The second kappa shape index (κ2) is 5.85. The lowest BCUT2D eigenvalue weighted by Gasteiger charge is -2.37. The molecule has 0 bridgehead atoms. The van der Waals surface area contributed by atoms with Gasteiger partial charge in [-0.15, -0.1) is 0 Å². The Hall–Kier alpha value is -1.57. The zero-order valence-electron chi connectivity index (χ0n) is 11.1. The summed E-state index contributed by atoms with van der Waals surface area (Å²) in [5.74, 6) is 0.402. The van der Waals surface area contributed by atoms with E-state index >= 15 is 0 Å². The quantitative estimate of drug-likeness (QED) is 0.789. The molecule has 1 heterocycles. The van der Waals surface area contributed by atoms with Crippen LogP contribution in [-0.2, 0) is 4.79 Å². The Morgan fingerprint density at radius 2 is 2.06 bits per heavy atom. The van der Waals surface area contributed by atoms with Crippen LogP contribution in [0, 0.1) is 5.92 Å². The molecular weight excluding hydrogens is 222 g/mol. The Balaban J connectivity index is 2.03. The average Bonchev–Trinajstić information content (AvgIpc) is 2.37. The predicted molar refractivity (Wildman–Crippen MR) is 75.0 cm³/mol. The standard InChI is InChI=1S/C16H21NO/c1-3-4-10-14-15(17-16(14)18)12(2)11-13-8-6-5-7-9-13/h5-9,11,14-15H,3-4,10H2,1-2H3,(H,17,18)/b12-11+/t14-,15+/m0/s1. The van der Waals surface area contributed by atoms with Crippen LogP contribution in [0.5, 0.6) is 0 Å². The maximum atomic E-state index is 11.6. The van der Waals surface area contributed by atoms with Crippen LogP contribution in [0.3, 0.4) is 0 Å². The fourth-order valence-electron chi connectivity index (χ4n) is 2.47. The van der Waals surface area contributed by atoms with Crippen molar-refractivity contribution in [3.63, 3.8) is 0 Å². The molecule has 0 aromatic heterocycles. The molecule has 0 unspecified atom stereocenters. The number of benzene rings is 1. The maximum Gasteiger partial charge on any atom is 0.226 e. The van der Waals surface area contributed by atoms with Crippen molar-refractivity contribution in [3.8, 4) is 0 Å². The van der Waals surface area contributed by atoms with Crippen LogP contribution >= 0.6 is 0 Å². The molecule has 1 amide bonds. The second-order valence-corrected chi connectivity index (χ2v) is 5.03. The fraction of sp³-hybridized carbons (Fsp3) is 0.438. The Morgan fingerprint density at radius 1 is 1.33 bits per heavy atom. The third-order valence-electron chi connectivity index (χ3n) is 3.59. The molecule has 96 valence electrons. The monoisotopic (exact) mass is 243 g/mol. The molecule has 1 N–H and O–H groups in total. The van der Waals surface area contributed by atoms with E-state index in [9.17, 15) is 4.79 Å². The number of unbranched alkanes of at least 4 members (excludes halogenated alkanes) is 1. The summed E-state index contributed by atoms with van der Waals surface area (Å²) in [6, 6.07) is 10.5. The highest BCUT2D eigenvalue weighted by molar-refractivity contribution is 5.87. The molecule has 18 heavy (non-hydrogen) atoms. The molecule has 0 saturated carbocycles. The number of hydrogen-bond donors (Lipinski definition) is 1. The molecule has 1 aliphatic rings. The van der Waals surface area contributed by atoms with Crippen molar-refractivity contribution in [1.82, 2.24) is 5.32 Å². The van der Waals surface area contributed by atoms with E-state index < -0.39 is 0 Å². The van der Waals surface area contributed by atoms with Crippen LogP contribution in [0.25, 0.3) is 6.08 Å². The van der Waals surface area contributed by atoms with E-state index in [4.69, 9.17) is 0 Å². The summed E-state index contributed by atoms with van der Waals surface area (Å²) < 4.78 is 0. The highest BCUT2D eigenvalue weighted by Crippen LogP contribution is 2.27. The van der Waals surface area contributed by atoms with E-state index in [1.165, 1.54) is 11.1 Å². The van der Waals surface area contributed by atoms with Gasteiger partial charge in [0.2, 0.25) is 5.91 Å². The van der Waals surface area contributed by atoms with E-state index in [2.05, 4.69) is 37.4 Å². The highest BCUT2D eigenvalue weighted by Gasteiger charge is 2.39. The van der Waals surface area contributed by atoms with E-state index in [1.54, 1.807) is 0 Å². The van der Waals surface area contributed by atoms with Crippen molar-refractivity contribution in [2.75, 3.05) is 0 Å². The molecular formula is C16H21NO. The first-order chi connectivity index (χ1) is 8.72. The summed E-state index contributed by atoms with van der Waals surface area (Å²) in [6.07, 6.45) is 5.46. The van der Waals surface area contributed by atoms with Crippen LogP contribution in [0.4, 0.5) is 0 Å². The number of carbonyl (C=O) groups is 1. The largest absolute Gasteiger partial charge is 0.349 e. The fourth-order valence-corrected chi connectivity index (χ4v) is 2.47. The number of amides is 1. The first-order valence-corrected chi connectivity index (χ1v) is 6.76. The Morgan fingerprint density at radius 3 is 2.67 bits per heavy atom. The lowest BCUT2D eigenvalue weighted by atomic mass is 9.81. The minimum atomic E-state index is 0.185. The first kappa shape index (κ1) is 12.9. The number of nitrogens with one attached hydrogen (secondary N) is 1. The Bertz CT molecular complexity index is 436. The Kier molecular flexibility index (Phi) is 4.19. The smallest absolute Gasteiger partial charge is 0.226 e. The SMILES string of the molecule is CCCC[C@@H]1C(=O)N[C@@H]1/C(C)=C/c1ccccc1. The zero-order chi connectivity index (χ0) is 13.0. The number of rotatable bonds is 5. The van der Waals surface area contributed by atoms with E-state index in [0.29, 0.717) is 0 Å². The molecule has 2 atom stereocenters. The molecule has 0 spiro atoms. The van der Waals surface area contributed by atoms with Crippen molar-refractivity contribution in [1.29, 1.82) is 0 Å². The van der Waals surface area contributed by atoms with Gasteiger partial charge < -0.3 is 5.32 Å². The molecule has 0 aliphatic carbocycles. The molecule has 0 radical (unpaired) electrons. The maximum absolute atomic E-state index is 11.6. The van der Waals surface area contributed by atoms with E-state index in [-0.39, 0.29) is 17.9 Å². The van der Waals surface area contributed by atoms with Crippen LogP contribution in [0.2, 0.25) is 0 Å². The number of carbonyl (C=O) groups excluding carboxylic acids is 1. The highest BCUT2D eigenvalue weighted by atomic mass is 16.2. The van der Waals surface area contributed by atoms with Crippen molar-refractivity contribution in [2.24, 2.45) is 5.92 Å². The van der Waals surface area contributed by atoms with Gasteiger partial charge in [0.1, 0.15) is 0 Å². The molecule has 1 aromatic rings. The normalized spacial score (nSPS) is 23.4. The van der Waals surface area contributed by atoms with Gasteiger partial charge in [-0.25, -0.2) is 0 Å². The van der Waals surface area contributed by atoms with Gasteiger partial charge in [0.15, 0.2) is 0 Å². The van der Waals surface area contributed by atoms with Gasteiger partial charge >= 0.3 is 0 Å². The van der Waals surface area contributed by atoms with E-state index in [1.807, 2.05) is 18.2 Å². The minimum Gasteiger partial charge on any atom is -0.349 e. The summed E-state index contributed by atoms with van der Waals surface area (Å²) in [7, 11) is 0. The molecule has 2 heteroatoms. The zero-order valence-corrected chi connectivity index (χ0v) is 11.1. The molecule has 1 fully saturated rings. The molecule has 2 nitrogen and oxygen atoms in total. The van der Waals surface area contributed by atoms with Gasteiger partial charge in [0.05, 0.1) is 12.0 Å². The van der Waals surface area contributed by atoms with Crippen LogP contribution in [0.15, 0.2) is 35.9 Å². The van der Waals surface area contributed by atoms with Gasteiger partial charge in [0, 0.05) is 0 Å². The summed E-state index contributed by atoms with van der Waals surface area (Å²) >= 11 is 0. The van der Waals surface area contributed by atoms with Crippen LogP contribution in [0.1, 0.15) is 38.7 Å². The van der Waals surface area contributed by atoms with Crippen molar-refractivity contribution >= 4 is 12.0 Å². The van der Waals surface area contributed by atoms with Gasteiger partial charge in [0.25, 0.3) is 0 Å². The lowest BCUT2D eigenvalue weighted by molar-refractivity contribution is -0.134. The van der Waals surface area contributed by atoms with Crippen LogP contribution < -0.4 is 5.32 Å². The van der Waals surface area contributed by atoms with Crippen molar-refractivity contribution in [2.45, 2.75) is 39.2 Å². The first-order valence-electron chi connectivity index (χ1n) is 6.76. The molecule has 2 rings (SSSR count). The minimum absolute atomic E-state index is 0.185. The molecule has 1 aromatic carbocycles. The third-order valence-corrected chi connectivity index (χ3v) is 3.59. The third kappa shape index (κ3) is 2.81. The summed E-state index contributed by atoms with van der Waals surface area (Å²) in [5.41, 5.74) is 2.45. The van der Waals surface area contributed by atoms with Crippen molar-refractivity contribution < 1.29 is 4.79 Å². The average molecular weight is 243 g/mol. The van der Waals surface area contributed by atoms with Gasteiger partial charge in [-0.1, -0.05) is 56.2 Å². The summed E-state index contributed by atoms with van der Waals surface area (Å²) in [6.45, 7) is 4.27. The number of β-lactam (4-membered cyclic amide) rings is 1. The second-order valence-electron chi connectivity index (χ2n) is 5.03. The Labute approximate surface area is 109 Å². The van der Waals surface area contributed by atoms with Crippen molar-refractivity contribution in [3.05, 3.63) is 41.5 Å². The van der Waals surface area contributed by atoms with Gasteiger partial charge in [-0.05, 0) is 24.5 Å². The molecule has 1 aliphatic heterocycles. The summed E-state index contributed by atoms with van der Waals surface area (Å²) in [4.78, 5) is 11.6. The topological polar surface area (TPSA) is 29.1 Å². The number of hydrogen-bond acceptors (Lipinski definition) is 1. The summed E-state index contributed by atoms with van der Waals surface area (Å²) in [5, 5.41) is 3.01. The van der Waals surface area contributed by atoms with Crippen LogP contribution in [-0.4, -0.2) is 11.9 Å².